The number of methoxy groups -OCH3 is 3. The van der Waals surface area contributed by atoms with E-state index in [2.05, 4.69) is 5.32 Å². The van der Waals surface area contributed by atoms with Crippen LogP contribution in [-0.4, -0.2) is 32.2 Å². The highest BCUT2D eigenvalue weighted by Crippen LogP contribution is 2.30. The quantitative estimate of drug-likeness (QED) is 0.611. The summed E-state index contributed by atoms with van der Waals surface area (Å²) in [6.07, 6.45) is 0.0617. The van der Waals surface area contributed by atoms with Gasteiger partial charge in [-0.25, -0.2) is 0 Å². The van der Waals surface area contributed by atoms with Crippen molar-refractivity contribution in [1.82, 2.24) is 0 Å². The summed E-state index contributed by atoms with van der Waals surface area (Å²) in [6.45, 7) is 0. The Morgan fingerprint density at radius 3 is 2.24 bits per heavy atom. The molecule has 0 spiro atoms. The highest BCUT2D eigenvalue weighted by Gasteiger charge is 2.14. The SMILES string of the molecule is COc1ccc([N+](=O)[O-])cc1NC(=O)Cc1ccc(OC)c(OC)c1. The number of nitrogens with zero attached hydrogens (tertiary/aromatic N) is 1. The number of non-ortho nitro benzene ring substituents is 1. The van der Waals surface area contributed by atoms with Crippen molar-refractivity contribution in [3.05, 3.63) is 52.1 Å². The van der Waals surface area contributed by atoms with Gasteiger partial charge in [-0.2, -0.15) is 0 Å². The maximum atomic E-state index is 12.3. The first-order chi connectivity index (χ1) is 12.0. The van der Waals surface area contributed by atoms with Gasteiger partial charge in [0.25, 0.3) is 5.69 Å². The number of hydrogen-bond donors (Lipinski definition) is 1. The number of nitrogens with one attached hydrogen (secondary N) is 1. The monoisotopic (exact) mass is 346 g/mol. The molecule has 0 heterocycles. The van der Waals surface area contributed by atoms with Crippen LogP contribution in [-0.2, 0) is 11.2 Å². The average Bonchev–Trinajstić information content (AvgIpc) is 2.61. The van der Waals surface area contributed by atoms with Gasteiger partial charge in [0.15, 0.2) is 11.5 Å². The van der Waals surface area contributed by atoms with Crippen LogP contribution in [0.1, 0.15) is 5.56 Å². The molecule has 0 saturated carbocycles. The lowest BCUT2D eigenvalue weighted by Gasteiger charge is -2.11. The highest BCUT2D eigenvalue weighted by atomic mass is 16.6. The third-order valence-electron chi connectivity index (χ3n) is 3.48. The van der Waals surface area contributed by atoms with E-state index in [1.807, 2.05) is 0 Å². The summed E-state index contributed by atoms with van der Waals surface area (Å²) in [5.74, 6) is 1.07. The Morgan fingerprint density at radius 1 is 1.00 bits per heavy atom. The minimum absolute atomic E-state index is 0.0617. The topological polar surface area (TPSA) is 99.9 Å². The Bertz CT molecular complexity index is 791. The molecule has 2 aromatic rings. The fraction of sp³-hybridized carbons (Fsp3) is 0.235. The van der Waals surface area contributed by atoms with Crippen molar-refractivity contribution in [3.63, 3.8) is 0 Å². The van der Waals surface area contributed by atoms with Crippen molar-refractivity contribution >= 4 is 17.3 Å². The zero-order valence-corrected chi connectivity index (χ0v) is 14.1. The van der Waals surface area contributed by atoms with Gasteiger partial charge in [0, 0.05) is 12.1 Å². The molecule has 2 aromatic carbocycles. The van der Waals surface area contributed by atoms with Crippen molar-refractivity contribution in [2.24, 2.45) is 0 Å². The second-order valence-electron chi connectivity index (χ2n) is 5.06. The van der Waals surface area contributed by atoms with Crippen LogP contribution in [0.3, 0.4) is 0 Å². The summed E-state index contributed by atoms with van der Waals surface area (Å²) in [6, 6.07) is 9.14. The van der Waals surface area contributed by atoms with Gasteiger partial charge in [0.2, 0.25) is 5.91 Å². The third kappa shape index (κ3) is 4.37. The highest BCUT2D eigenvalue weighted by molar-refractivity contribution is 5.94. The molecule has 1 amide bonds. The molecule has 0 fully saturated rings. The predicted octanol–water partition coefficient (Wildman–Crippen LogP) is 2.80. The van der Waals surface area contributed by atoms with Gasteiger partial charge in [0.05, 0.1) is 38.4 Å². The first kappa shape index (κ1) is 18.1. The molecule has 132 valence electrons. The molecular formula is C17H18N2O6. The Morgan fingerprint density at radius 2 is 1.64 bits per heavy atom. The number of ether oxygens (including phenoxy) is 3. The van der Waals surface area contributed by atoms with Gasteiger partial charge < -0.3 is 19.5 Å². The molecule has 0 aliphatic heterocycles. The molecule has 8 heteroatoms. The second-order valence-corrected chi connectivity index (χ2v) is 5.06. The van der Waals surface area contributed by atoms with Crippen LogP contribution in [0.25, 0.3) is 0 Å². The molecule has 8 nitrogen and oxygen atoms in total. The fourth-order valence-electron chi connectivity index (χ4n) is 2.28. The van der Waals surface area contributed by atoms with E-state index in [1.165, 1.54) is 39.5 Å². The smallest absolute Gasteiger partial charge is 0.271 e. The molecule has 0 saturated heterocycles. The van der Waals surface area contributed by atoms with Gasteiger partial charge in [0.1, 0.15) is 5.75 Å². The lowest BCUT2D eigenvalue weighted by molar-refractivity contribution is -0.384. The summed E-state index contributed by atoms with van der Waals surface area (Å²) >= 11 is 0. The summed E-state index contributed by atoms with van der Waals surface area (Å²) in [5, 5.41) is 13.5. The van der Waals surface area contributed by atoms with Crippen molar-refractivity contribution in [3.8, 4) is 17.2 Å². The number of rotatable bonds is 7. The van der Waals surface area contributed by atoms with Crippen LogP contribution in [0.2, 0.25) is 0 Å². The molecule has 0 radical (unpaired) electrons. The first-order valence-corrected chi connectivity index (χ1v) is 7.31. The van der Waals surface area contributed by atoms with Crippen molar-refractivity contribution in [2.45, 2.75) is 6.42 Å². The van der Waals surface area contributed by atoms with Crippen molar-refractivity contribution in [1.29, 1.82) is 0 Å². The number of carbonyl (C=O) groups excluding carboxylic acids is 1. The molecule has 0 aromatic heterocycles. The Balaban J connectivity index is 2.17. The molecular weight excluding hydrogens is 328 g/mol. The van der Waals surface area contributed by atoms with E-state index >= 15 is 0 Å². The van der Waals surface area contributed by atoms with Gasteiger partial charge in [-0.05, 0) is 23.8 Å². The minimum atomic E-state index is -0.538. The predicted molar refractivity (Wildman–Crippen MR) is 91.5 cm³/mol. The van der Waals surface area contributed by atoms with E-state index in [-0.39, 0.29) is 23.7 Å². The number of nitro benzene ring substituents is 1. The third-order valence-corrected chi connectivity index (χ3v) is 3.48. The van der Waals surface area contributed by atoms with Crippen LogP contribution in [0.5, 0.6) is 17.2 Å². The molecule has 0 aliphatic carbocycles. The summed E-state index contributed by atoms with van der Waals surface area (Å²) in [4.78, 5) is 22.6. The zero-order valence-electron chi connectivity index (χ0n) is 14.1. The van der Waals surface area contributed by atoms with Crippen molar-refractivity contribution < 1.29 is 23.9 Å². The number of benzene rings is 2. The Kier molecular flexibility index (Phi) is 5.78. The van der Waals surface area contributed by atoms with Gasteiger partial charge in [-0.1, -0.05) is 6.07 Å². The summed E-state index contributed by atoms with van der Waals surface area (Å²) in [7, 11) is 4.46. The van der Waals surface area contributed by atoms with Gasteiger partial charge >= 0.3 is 0 Å². The lowest BCUT2D eigenvalue weighted by Crippen LogP contribution is -2.15. The van der Waals surface area contributed by atoms with Crippen LogP contribution in [0, 0.1) is 10.1 Å². The van der Waals surface area contributed by atoms with Crippen LogP contribution in [0.15, 0.2) is 36.4 Å². The standard InChI is InChI=1S/C17H18N2O6/c1-23-14-7-5-12(19(21)22)10-13(14)18-17(20)9-11-4-6-15(24-2)16(8-11)25-3/h4-8,10H,9H2,1-3H3,(H,18,20). The summed E-state index contributed by atoms with van der Waals surface area (Å²) < 4.78 is 15.5. The normalized spacial score (nSPS) is 10.0. The van der Waals surface area contributed by atoms with Crippen LogP contribution < -0.4 is 19.5 Å². The lowest BCUT2D eigenvalue weighted by atomic mass is 10.1. The zero-order chi connectivity index (χ0) is 18.4. The number of hydrogen-bond acceptors (Lipinski definition) is 6. The molecule has 0 atom stereocenters. The van der Waals surface area contributed by atoms with Gasteiger partial charge in [-0.15, -0.1) is 0 Å². The average molecular weight is 346 g/mol. The Labute approximate surface area is 144 Å². The second kappa shape index (κ2) is 8.00. The van der Waals surface area contributed by atoms with E-state index in [0.717, 1.165) is 0 Å². The van der Waals surface area contributed by atoms with E-state index < -0.39 is 4.92 Å². The van der Waals surface area contributed by atoms with E-state index in [1.54, 1.807) is 18.2 Å². The van der Waals surface area contributed by atoms with Crippen molar-refractivity contribution in [2.75, 3.05) is 26.6 Å². The first-order valence-electron chi connectivity index (χ1n) is 7.31. The maximum absolute atomic E-state index is 12.3. The molecule has 0 aliphatic rings. The number of carbonyl (C=O) groups is 1. The van der Waals surface area contributed by atoms with Gasteiger partial charge in [-0.3, -0.25) is 14.9 Å². The number of nitro groups is 1. The van der Waals surface area contributed by atoms with Crippen LogP contribution >= 0.6 is 0 Å². The fourth-order valence-corrected chi connectivity index (χ4v) is 2.28. The molecule has 1 N–H and O–H groups in total. The van der Waals surface area contributed by atoms with E-state index in [4.69, 9.17) is 14.2 Å². The maximum Gasteiger partial charge on any atom is 0.271 e. The number of amides is 1. The molecule has 25 heavy (non-hydrogen) atoms. The molecule has 0 unspecified atom stereocenters. The van der Waals surface area contributed by atoms with Crippen LogP contribution in [0.4, 0.5) is 11.4 Å². The Hall–Kier alpha value is -3.29. The summed E-state index contributed by atoms with van der Waals surface area (Å²) in [5.41, 5.74) is 0.809. The number of anilines is 1. The van der Waals surface area contributed by atoms with E-state index in [0.29, 0.717) is 22.8 Å². The minimum Gasteiger partial charge on any atom is -0.495 e. The largest absolute Gasteiger partial charge is 0.495 e. The molecule has 0 bridgehead atoms. The molecule has 2 rings (SSSR count). The van der Waals surface area contributed by atoms with E-state index in [9.17, 15) is 14.9 Å².